The number of aliphatic hydroxyl groups excluding tert-OH is 1. The largest absolute Gasteiger partial charge is 0.481 e. The summed E-state index contributed by atoms with van der Waals surface area (Å²) in [5.41, 5.74) is 2.04. The average molecular weight is 559 g/mol. The van der Waals surface area contributed by atoms with Crippen LogP contribution in [0.1, 0.15) is 97.0 Å². The highest BCUT2D eigenvalue weighted by Gasteiger charge is 2.61. The quantitative estimate of drug-likeness (QED) is 0.340. The van der Waals surface area contributed by atoms with E-state index < -0.39 is 16.0 Å². The van der Waals surface area contributed by atoms with E-state index in [9.17, 15) is 23.4 Å². The Hall–Kier alpha value is -1.93. The molecule has 1 unspecified atom stereocenters. The predicted molar refractivity (Wildman–Crippen MR) is 151 cm³/mol. The molecular formula is C31H46N2O5S. The molecule has 4 saturated carbocycles. The zero-order chi connectivity index (χ0) is 28.0. The topological polar surface area (TPSA) is 116 Å². The van der Waals surface area contributed by atoms with Crippen molar-refractivity contribution in [1.82, 2.24) is 4.83 Å². The number of aliphatic hydroxyl groups is 1. The fourth-order valence-corrected chi connectivity index (χ4v) is 10.6. The second-order valence-corrected chi connectivity index (χ2v) is 15.2. The standard InChI is InChI=1S/C31H46N2O5S/c1-20(7-14-29(35)36)24-12-13-25-23-18-28(32-33-39(37,38)22-10-8-21(19-34)9-11-22)27-6-4-5-16-30(27,2)26(23)15-17-31(24,25)3/h8-11,20,23-27,33-34H,4-7,12-19H2,1-3H3,(H,35,36)/t20?,23-,24+,25-,26-,27-,30+,31+/m0/s1. The SMILES string of the molecule is CC(CCC(=O)O)[C@H]1CC[C@H]2[C@@H]3CC(=NNS(=O)(=O)c4ccc(CO)cc4)[C@@H]4CCCC[C@]4(C)[C@H]3CC[C@]12C. The Labute approximate surface area is 233 Å². The first-order valence-electron chi connectivity index (χ1n) is 15.0. The number of benzene rings is 1. The van der Waals surface area contributed by atoms with Crippen LogP contribution in [0.15, 0.2) is 34.3 Å². The number of aliphatic carboxylic acids is 1. The van der Waals surface area contributed by atoms with Crippen LogP contribution >= 0.6 is 0 Å². The molecule has 39 heavy (non-hydrogen) atoms. The summed E-state index contributed by atoms with van der Waals surface area (Å²) in [6.07, 6.45) is 11.2. The van der Waals surface area contributed by atoms with E-state index in [2.05, 4.69) is 25.6 Å². The maximum Gasteiger partial charge on any atom is 0.303 e. The Kier molecular flexibility index (Phi) is 7.92. The van der Waals surface area contributed by atoms with Crippen LogP contribution in [0.5, 0.6) is 0 Å². The summed E-state index contributed by atoms with van der Waals surface area (Å²) < 4.78 is 26.3. The molecule has 4 aliphatic rings. The van der Waals surface area contributed by atoms with Crippen molar-refractivity contribution in [2.75, 3.05) is 0 Å². The Morgan fingerprint density at radius 3 is 2.46 bits per heavy atom. The summed E-state index contributed by atoms with van der Waals surface area (Å²) in [6.45, 7) is 7.04. The molecular weight excluding hydrogens is 512 g/mol. The summed E-state index contributed by atoms with van der Waals surface area (Å²) >= 11 is 0. The summed E-state index contributed by atoms with van der Waals surface area (Å²) in [7, 11) is -3.80. The van der Waals surface area contributed by atoms with Gasteiger partial charge < -0.3 is 10.2 Å². The van der Waals surface area contributed by atoms with Crippen LogP contribution < -0.4 is 4.83 Å². The van der Waals surface area contributed by atoms with Crippen LogP contribution in [0.4, 0.5) is 0 Å². The van der Waals surface area contributed by atoms with Crippen molar-refractivity contribution in [3.63, 3.8) is 0 Å². The zero-order valence-corrected chi connectivity index (χ0v) is 24.5. The van der Waals surface area contributed by atoms with Crippen molar-refractivity contribution >= 4 is 21.7 Å². The Morgan fingerprint density at radius 2 is 1.77 bits per heavy atom. The third-order valence-corrected chi connectivity index (χ3v) is 12.9. The monoisotopic (exact) mass is 558 g/mol. The minimum Gasteiger partial charge on any atom is -0.481 e. The maximum absolute atomic E-state index is 13.1. The van der Waals surface area contributed by atoms with Gasteiger partial charge >= 0.3 is 5.97 Å². The van der Waals surface area contributed by atoms with Crippen molar-refractivity contribution in [2.24, 2.45) is 51.4 Å². The average Bonchev–Trinajstić information content (AvgIpc) is 3.27. The summed E-state index contributed by atoms with van der Waals surface area (Å²) in [5, 5.41) is 23.3. The molecule has 1 aromatic carbocycles. The highest BCUT2D eigenvalue weighted by Crippen LogP contribution is 2.68. The van der Waals surface area contributed by atoms with Gasteiger partial charge in [0.05, 0.1) is 11.5 Å². The van der Waals surface area contributed by atoms with Gasteiger partial charge in [-0.05, 0) is 109 Å². The van der Waals surface area contributed by atoms with E-state index in [-0.39, 0.29) is 28.8 Å². The molecule has 4 aliphatic carbocycles. The van der Waals surface area contributed by atoms with E-state index in [0.29, 0.717) is 41.1 Å². The molecule has 5 rings (SSSR count). The molecule has 0 spiro atoms. The number of nitrogens with one attached hydrogen (secondary N) is 1. The number of hydrogen-bond donors (Lipinski definition) is 3. The highest BCUT2D eigenvalue weighted by atomic mass is 32.2. The van der Waals surface area contributed by atoms with E-state index in [1.807, 2.05) is 0 Å². The lowest BCUT2D eigenvalue weighted by molar-refractivity contribution is -0.137. The lowest BCUT2D eigenvalue weighted by Gasteiger charge is -2.61. The number of carboxylic acids is 1. The third-order valence-electron chi connectivity index (χ3n) is 11.7. The van der Waals surface area contributed by atoms with E-state index in [1.54, 1.807) is 12.1 Å². The van der Waals surface area contributed by atoms with E-state index in [1.165, 1.54) is 44.2 Å². The van der Waals surface area contributed by atoms with Gasteiger partial charge in [0.2, 0.25) is 0 Å². The minimum atomic E-state index is -3.80. The van der Waals surface area contributed by atoms with Crippen LogP contribution in [0.2, 0.25) is 0 Å². The molecule has 0 aliphatic heterocycles. The molecule has 3 N–H and O–H groups in total. The molecule has 0 heterocycles. The van der Waals surface area contributed by atoms with Crippen molar-refractivity contribution in [2.45, 2.75) is 103 Å². The Morgan fingerprint density at radius 1 is 1.05 bits per heavy atom. The van der Waals surface area contributed by atoms with Crippen LogP contribution in [0, 0.1) is 46.3 Å². The van der Waals surface area contributed by atoms with Crippen LogP contribution in [0.25, 0.3) is 0 Å². The van der Waals surface area contributed by atoms with Gasteiger partial charge in [-0.2, -0.15) is 13.5 Å². The minimum absolute atomic E-state index is 0.127. The number of hydrogen-bond acceptors (Lipinski definition) is 5. The number of hydrazone groups is 1. The normalized spacial score (nSPS) is 37.9. The zero-order valence-electron chi connectivity index (χ0n) is 23.7. The van der Waals surface area contributed by atoms with Gasteiger partial charge in [-0.15, -0.1) is 0 Å². The Balaban J connectivity index is 1.41. The van der Waals surface area contributed by atoms with Gasteiger partial charge in [-0.1, -0.05) is 45.7 Å². The molecule has 8 atom stereocenters. The molecule has 0 amide bonds. The molecule has 216 valence electrons. The molecule has 1 aromatic rings. The molecule has 4 fully saturated rings. The van der Waals surface area contributed by atoms with Crippen molar-refractivity contribution in [1.29, 1.82) is 0 Å². The predicted octanol–water partition coefficient (Wildman–Crippen LogP) is 5.97. The van der Waals surface area contributed by atoms with E-state index in [0.717, 1.165) is 37.8 Å². The van der Waals surface area contributed by atoms with E-state index in [4.69, 9.17) is 5.10 Å². The van der Waals surface area contributed by atoms with E-state index >= 15 is 0 Å². The number of carboxylic acid groups (broad SMARTS) is 1. The van der Waals surface area contributed by atoms with Gasteiger partial charge in [0, 0.05) is 18.1 Å². The van der Waals surface area contributed by atoms with Crippen LogP contribution in [0.3, 0.4) is 0 Å². The first-order chi connectivity index (χ1) is 18.5. The van der Waals surface area contributed by atoms with Crippen molar-refractivity contribution < 1.29 is 23.4 Å². The molecule has 0 radical (unpaired) electrons. The molecule has 7 nitrogen and oxygen atoms in total. The van der Waals surface area contributed by atoms with Gasteiger partial charge in [-0.3, -0.25) is 4.79 Å². The van der Waals surface area contributed by atoms with Crippen molar-refractivity contribution in [3.05, 3.63) is 29.8 Å². The smallest absolute Gasteiger partial charge is 0.303 e. The van der Waals surface area contributed by atoms with Crippen molar-refractivity contribution in [3.8, 4) is 0 Å². The second-order valence-electron chi connectivity index (χ2n) is 13.5. The molecule has 0 bridgehead atoms. The van der Waals surface area contributed by atoms with Gasteiger partial charge in [0.25, 0.3) is 10.0 Å². The number of nitrogens with zero attached hydrogens (tertiary/aromatic N) is 1. The van der Waals surface area contributed by atoms with Gasteiger partial charge in [0.1, 0.15) is 0 Å². The Bertz CT molecular complexity index is 1200. The lowest BCUT2D eigenvalue weighted by atomic mass is 9.44. The number of fused-ring (bicyclic) bond motifs is 5. The first kappa shape index (κ1) is 28.6. The number of sulfonamides is 1. The summed E-state index contributed by atoms with van der Waals surface area (Å²) in [5.74, 6) is 2.24. The number of rotatable bonds is 8. The molecule has 0 aromatic heterocycles. The maximum atomic E-state index is 13.1. The number of carbonyl (C=O) groups is 1. The molecule has 0 saturated heterocycles. The summed E-state index contributed by atoms with van der Waals surface area (Å²) in [6, 6.07) is 6.29. The van der Waals surface area contributed by atoms with Crippen LogP contribution in [-0.4, -0.2) is 30.3 Å². The highest BCUT2D eigenvalue weighted by molar-refractivity contribution is 7.89. The summed E-state index contributed by atoms with van der Waals surface area (Å²) in [4.78, 5) is 14.0. The second kappa shape index (κ2) is 10.8. The molecule has 8 heteroatoms. The van der Waals surface area contributed by atoms with Gasteiger partial charge in [0.15, 0.2) is 0 Å². The van der Waals surface area contributed by atoms with Crippen LogP contribution in [-0.2, 0) is 21.4 Å². The fourth-order valence-electron chi connectivity index (χ4n) is 9.72. The van der Waals surface area contributed by atoms with Gasteiger partial charge in [-0.25, -0.2) is 4.83 Å². The first-order valence-corrected chi connectivity index (χ1v) is 16.5. The fraction of sp³-hybridized carbons (Fsp3) is 0.742. The lowest BCUT2D eigenvalue weighted by Crippen LogP contribution is -2.56. The third kappa shape index (κ3) is 5.16.